The molecule has 18 heavy (non-hydrogen) atoms. The van der Waals surface area contributed by atoms with Gasteiger partial charge in [0, 0.05) is 18.2 Å². The number of benzene rings is 1. The summed E-state index contributed by atoms with van der Waals surface area (Å²) in [6.07, 6.45) is 0. The molecule has 2 aromatic rings. The van der Waals surface area contributed by atoms with E-state index in [0.717, 1.165) is 17.8 Å². The summed E-state index contributed by atoms with van der Waals surface area (Å²) in [5, 5.41) is 7.68. The van der Waals surface area contributed by atoms with Gasteiger partial charge in [-0.1, -0.05) is 30.5 Å². The summed E-state index contributed by atoms with van der Waals surface area (Å²) in [4.78, 5) is 1.20. The number of hydrogen-bond acceptors (Lipinski definition) is 4. The fraction of sp³-hybridized carbons (Fsp3) is 0.429. The number of rotatable bonds is 4. The average molecular weight is 261 g/mol. The maximum atomic E-state index is 4.26. The zero-order chi connectivity index (χ0) is 13.1. The van der Waals surface area contributed by atoms with E-state index in [2.05, 4.69) is 60.8 Å². The number of aromatic nitrogens is 2. The van der Waals surface area contributed by atoms with Crippen molar-refractivity contribution >= 4 is 11.5 Å². The fourth-order valence-corrected chi connectivity index (χ4v) is 2.34. The highest BCUT2D eigenvalue weighted by Gasteiger charge is 2.11. The van der Waals surface area contributed by atoms with Gasteiger partial charge in [0.05, 0.1) is 4.88 Å². The lowest BCUT2D eigenvalue weighted by Gasteiger charge is -2.08. The SMILES string of the molecule is Cc1ccc(-c2nnsc2CNC(C)C)cc1C. The Morgan fingerprint density at radius 3 is 2.67 bits per heavy atom. The quantitative estimate of drug-likeness (QED) is 0.917. The first-order valence-corrected chi connectivity index (χ1v) is 6.97. The van der Waals surface area contributed by atoms with Crippen molar-refractivity contribution < 1.29 is 0 Å². The Morgan fingerprint density at radius 2 is 2.00 bits per heavy atom. The van der Waals surface area contributed by atoms with Crippen LogP contribution in [0.15, 0.2) is 18.2 Å². The van der Waals surface area contributed by atoms with Crippen LogP contribution in [0.3, 0.4) is 0 Å². The second-order valence-electron chi connectivity index (χ2n) is 4.88. The van der Waals surface area contributed by atoms with Crippen LogP contribution >= 0.6 is 11.5 Å². The van der Waals surface area contributed by atoms with Crippen LogP contribution < -0.4 is 5.32 Å². The Bertz CT molecular complexity index is 532. The molecule has 0 aliphatic heterocycles. The van der Waals surface area contributed by atoms with Gasteiger partial charge >= 0.3 is 0 Å². The van der Waals surface area contributed by atoms with E-state index >= 15 is 0 Å². The monoisotopic (exact) mass is 261 g/mol. The molecule has 0 atom stereocenters. The minimum absolute atomic E-state index is 0.472. The highest BCUT2D eigenvalue weighted by atomic mass is 32.1. The van der Waals surface area contributed by atoms with Gasteiger partial charge in [0.1, 0.15) is 5.69 Å². The zero-order valence-corrected chi connectivity index (χ0v) is 12.1. The minimum Gasteiger partial charge on any atom is -0.310 e. The van der Waals surface area contributed by atoms with Gasteiger partial charge < -0.3 is 5.32 Å². The molecule has 4 heteroatoms. The first-order chi connectivity index (χ1) is 8.58. The topological polar surface area (TPSA) is 37.8 Å². The first-order valence-electron chi connectivity index (χ1n) is 6.20. The fourth-order valence-electron chi connectivity index (χ4n) is 1.73. The van der Waals surface area contributed by atoms with Crippen LogP contribution in [-0.2, 0) is 6.54 Å². The predicted octanol–water partition coefficient (Wildman–Crippen LogP) is 3.32. The first kappa shape index (κ1) is 13.2. The van der Waals surface area contributed by atoms with Gasteiger partial charge in [-0.2, -0.15) is 0 Å². The van der Waals surface area contributed by atoms with Crippen LogP contribution in [0.4, 0.5) is 0 Å². The van der Waals surface area contributed by atoms with Crippen molar-refractivity contribution in [1.82, 2.24) is 14.9 Å². The summed E-state index contributed by atoms with van der Waals surface area (Å²) in [6.45, 7) is 9.37. The third kappa shape index (κ3) is 2.94. The van der Waals surface area contributed by atoms with Gasteiger partial charge in [-0.3, -0.25) is 0 Å². The predicted molar refractivity (Wildman–Crippen MR) is 76.8 cm³/mol. The number of aryl methyl sites for hydroxylation is 2. The normalized spacial score (nSPS) is 11.2. The molecule has 1 N–H and O–H groups in total. The second-order valence-corrected chi connectivity index (χ2v) is 5.72. The van der Waals surface area contributed by atoms with Gasteiger partial charge in [-0.25, -0.2) is 0 Å². The number of nitrogens with one attached hydrogen (secondary N) is 1. The van der Waals surface area contributed by atoms with Gasteiger partial charge in [0.25, 0.3) is 0 Å². The molecule has 0 aliphatic carbocycles. The highest BCUT2D eigenvalue weighted by molar-refractivity contribution is 7.05. The Balaban J connectivity index is 2.27. The van der Waals surface area contributed by atoms with Gasteiger partial charge in [0.15, 0.2) is 0 Å². The molecule has 0 bridgehead atoms. The van der Waals surface area contributed by atoms with E-state index in [1.165, 1.54) is 27.5 Å². The van der Waals surface area contributed by atoms with Crippen molar-refractivity contribution in [2.45, 2.75) is 40.3 Å². The molecule has 2 rings (SSSR count). The van der Waals surface area contributed by atoms with Gasteiger partial charge in [-0.05, 0) is 42.6 Å². The lowest BCUT2D eigenvalue weighted by molar-refractivity contribution is 0.593. The van der Waals surface area contributed by atoms with Gasteiger partial charge in [0.2, 0.25) is 0 Å². The van der Waals surface area contributed by atoms with Crippen LogP contribution in [0.25, 0.3) is 11.3 Å². The van der Waals surface area contributed by atoms with Crippen LogP contribution in [0.1, 0.15) is 29.9 Å². The summed E-state index contributed by atoms with van der Waals surface area (Å²) in [7, 11) is 0. The van der Waals surface area contributed by atoms with Crippen molar-refractivity contribution in [2.75, 3.05) is 0 Å². The van der Waals surface area contributed by atoms with Crippen molar-refractivity contribution in [2.24, 2.45) is 0 Å². The van der Waals surface area contributed by atoms with Crippen LogP contribution in [0.5, 0.6) is 0 Å². The largest absolute Gasteiger partial charge is 0.310 e. The van der Waals surface area contributed by atoms with Crippen LogP contribution in [0, 0.1) is 13.8 Å². The smallest absolute Gasteiger partial charge is 0.110 e. The summed E-state index contributed by atoms with van der Waals surface area (Å²) in [6, 6.07) is 6.92. The van der Waals surface area contributed by atoms with E-state index in [1.54, 1.807) is 0 Å². The molecular weight excluding hydrogens is 242 g/mol. The van der Waals surface area contributed by atoms with E-state index in [-0.39, 0.29) is 0 Å². The lowest BCUT2D eigenvalue weighted by Crippen LogP contribution is -2.21. The molecule has 1 aromatic heterocycles. The van der Waals surface area contributed by atoms with Crippen molar-refractivity contribution in [3.05, 3.63) is 34.2 Å². The Hall–Kier alpha value is -1.26. The minimum atomic E-state index is 0.472. The maximum Gasteiger partial charge on any atom is 0.110 e. The second kappa shape index (κ2) is 5.59. The van der Waals surface area contributed by atoms with E-state index in [9.17, 15) is 0 Å². The molecule has 3 nitrogen and oxygen atoms in total. The summed E-state index contributed by atoms with van der Waals surface area (Å²) >= 11 is 1.47. The maximum absolute atomic E-state index is 4.26. The molecule has 0 fully saturated rings. The average Bonchev–Trinajstić information content (AvgIpc) is 2.78. The molecular formula is C14H19N3S. The molecule has 96 valence electrons. The van der Waals surface area contributed by atoms with E-state index in [0.29, 0.717) is 6.04 Å². The number of nitrogens with zero attached hydrogens (tertiary/aromatic N) is 2. The molecule has 1 heterocycles. The summed E-state index contributed by atoms with van der Waals surface area (Å²) < 4.78 is 4.08. The molecule has 0 radical (unpaired) electrons. The summed E-state index contributed by atoms with van der Waals surface area (Å²) in [5.74, 6) is 0. The Kier molecular flexibility index (Phi) is 4.09. The van der Waals surface area contributed by atoms with Crippen molar-refractivity contribution in [3.63, 3.8) is 0 Å². The lowest BCUT2D eigenvalue weighted by atomic mass is 10.0. The van der Waals surface area contributed by atoms with Crippen molar-refractivity contribution in [1.29, 1.82) is 0 Å². The van der Waals surface area contributed by atoms with Crippen molar-refractivity contribution in [3.8, 4) is 11.3 Å². The zero-order valence-electron chi connectivity index (χ0n) is 11.3. The van der Waals surface area contributed by atoms with Gasteiger partial charge in [-0.15, -0.1) is 5.10 Å². The third-order valence-electron chi connectivity index (χ3n) is 3.01. The van der Waals surface area contributed by atoms with Crippen LogP contribution in [-0.4, -0.2) is 15.6 Å². The molecule has 0 saturated carbocycles. The number of hydrogen-bond donors (Lipinski definition) is 1. The Morgan fingerprint density at radius 1 is 1.22 bits per heavy atom. The summed E-state index contributed by atoms with van der Waals surface area (Å²) in [5.41, 5.74) is 4.77. The molecule has 0 unspecified atom stereocenters. The van der Waals surface area contributed by atoms with E-state index in [4.69, 9.17) is 0 Å². The van der Waals surface area contributed by atoms with Crippen LogP contribution in [0.2, 0.25) is 0 Å². The van der Waals surface area contributed by atoms with E-state index < -0.39 is 0 Å². The molecule has 0 spiro atoms. The molecule has 0 amide bonds. The third-order valence-corrected chi connectivity index (χ3v) is 3.73. The molecule has 0 aliphatic rings. The Labute approximate surface area is 112 Å². The van der Waals surface area contributed by atoms with E-state index in [1.807, 2.05) is 0 Å². The molecule has 0 saturated heterocycles. The highest BCUT2D eigenvalue weighted by Crippen LogP contribution is 2.25. The molecule has 1 aromatic carbocycles. The standard InChI is InChI=1S/C14H19N3S/c1-9(2)15-8-13-14(16-17-18-13)12-6-5-10(3)11(4)7-12/h5-7,9,15H,8H2,1-4H3.